The minimum absolute atomic E-state index is 0.168. The minimum Gasteiger partial charge on any atom is -0.465 e. The van der Waals surface area contributed by atoms with Crippen molar-refractivity contribution in [1.82, 2.24) is 0 Å². The highest BCUT2D eigenvalue weighted by Crippen LogP contribution is 2.63. The summed E-state index contributed by atoms with van der Waals surface area (Å²) in [6.07, 6.45) is -4.05. The zero-order valence-corrected chi connectivity index (χ0v) is 17.7. The number of imide groups is 1. The number of carbonyl (C=O) groups is 3. The second-order valence-corrected chi connectivity index (χ2v) is 8.83. The Balaban J connectivity index is 1.73. The quantitative estimate of drug-likeness (QED) is 0.516. The van der Waals surface area contributed by atoms with Crippen molar-refractivity contribution in [3.63, 3.8) is 0 Å². The van der Waals surface area contributed by atoms with Gasteiger partial charge in [-0.15, -0.1) is 0 Å². The van der Waals surface area contributed by atoms with Crippen LogP contribution < -0.4 is 4.90 Å². The molecule has 1 aromatic carbocycles. The van der Waals surface area contributed by atoms with Crippen molar-refractivity contribution in [3.8, 4) is 6.07 Å². The fourth-order valence-electron chi connectivity index (χ4n) is 5.43. The maximum absolute atomic E-state index is 13.4. The first-order valence-corrected chi connectivity index (χ1v) is 10.2. The van der Waals surface area contributed by atoms with E-state index >= 15 is 0 Å². The molecule has 32 heavy (non-hydrogen) atoms. The molecule has 0 N–H and O–H groups in total. The second-order valence-electron chi connectivity index (χ2n) is 8.83. The predicted octanol–water partition coefficient (Wildman–Crippen LogP) is 3.20. The van der Waals surface area contributed by atoms with Crippen LogP contribution in [0.5, 0.6) is 0 Å². The van der Waals surface area contributed by atoms with E-state index in [1.54, 1.807) is 13.8 Å². The van der Waals surface area contributed by atoms with Crippen molar-refractivity contribution in [2.24, 2.45) is 17.8 Å². The maximum Gasteiger partial charge on any atom is 0.417 e. The Morgan fingerprint density at radius 3 is 2.53 bits per heavy atom. The molecule has 0 spiro atoms. The SMILES string of the molecule is CCCOC(=O)[C@@H]1C[C@@]2(C)O[C@@]1(C)[C@@H]1C(=O)N(c3ccc(C#N)c(C(F)(F)F)c3)C(=O)[C@@H]12. The Morgan fingerprint density at radius 2 is 1.94 bits per heavy atom. The number of benzene rings is 1. The number of alkyl halides is 3. The number of hydrogen-bond acceptors (Lipinski definition) is 6. The summed E-state index contributed by atoms with van der Waals surface area (Å²) in [4.78, 5) is 40.0. The third-order valence-electron chi connectivity index (χ3n) is 6.76. The van der Waals surface area contributed by atoms with Crippen LogP contribution in [0.1, 0.15) is 44.7 Å². The highest BCUT2D eigenvalue weighted by molar-refractivity contribution is 6.23. The second kappa shape index (κ2) is 7.04. The molecule has 3 aliphatic rings. The van der Waals surface area contributed by atoms with E-state index in [2.05, 4.69) is 0 Å². The van der Waals surface area contributed by atoms with E-state index in [0.717, 1.165) is 17.0 Å². The smallest absolute Gasteiger partial charge is 0.417 e. The lowest BCUT2D eigenvalue weighted by atomic mass is 9.64. The summed E-state index contributed by atoms with van der Waals surface area (Å²) in [5.41, 5.74) is -4.55. The first-order chi connectivity index (χ1) is 14.9. The highest BCUT2D eigenvalue weighted by Gasteiger charge is 2.77. The van der Waals surface area contributed by atoms with Crippen LogP contribution in [0.15, 0.2) is 18.2 Å². The number of hydrogen-bond donors (Lipinski definition) is 0. The van der Waals surface area contributed by atoms with E-state index < -0.39 is 64.0 Å². The number of rotatable bonds is 4. The first kappa shape index (κ1) is 22.3. The van der Waals surface area contributed by atoms with Gasteiger partial charge in [0.2, 0.25) is 11.8 Å². The standard InChI is InChI=1S/C22H21F3N2O5/c1-4-7-31-19(30)14-9-20(2)15-16(21(14,3)32-20)18(29)27(17(15)28)12-6-5-11(10-26)13(8-12)22(23,24)25/h5-6,8,14-16H,4,7,9H2,1-3H3/t14-,15+,16-,20+,21+/m0/s1. The third-order valence-corrected chi connectivity index (χ3v) is 6.76. The van der Waals surface area contributed by atoms with Crippen LogP contribution in [0.4, 0.5) is 18.9 Å². The van der Waals surface area contributed by atoms with Gasteiger partial charge in [-0.05, 0) is 44.9 Å². The van der Waals surface area contributed by atoms with Crippen molar-refractivity contribution >= 4 is 23.5 Å². The van der Waals surface area contributed by atoms with Gasteiger partial charge in [-0.25, -0.2) is 4.90 Å². The topological polar surface area (TPSA) is 96.7 Å². The van der Waals surface area contributed by atoms with Crippen molar-refractivity contribution in [3.05, 3.63) is 29.3 Å². The zero-order chi connectivity index (χ0) is 23.6. The molecule has 4 rings (SSSR count). The van der Waals surface area contributed by atoms with E-state index in [4.69, 9.17) is 14.7 Å². The summed E-state index contributed by atoms with van der Waals surface area (Å²) in [5, 5.41) is 9.00. The summed E-state index contributed by atoms with van der Waals surface area (Å²) in [6.45, 7) is 5.27. The van der Waals surface area contributed by atoms with Gasteiger partial charge in [0.25, 0.3) is 0 Å². The van der Waals surface area contributed by atoms with Crippen molar-refractivity contribution in [2.45, 2.75) is 51.0 Å². The van der Waals surface area contributed by atoms with E-state index in [1.165, 1.54) is 6.07 Å². The third kappa shape index (κ3) is 2.94. The van der Waals surface area contributed by atoms with Crippen LogP contribution in [0.25, 0.3) is 0 Å². The molecule has 0 aromatic heterocycles. The number of ether oxygens (including phenoxy) is 2. The van der Waals surface area contributed by atoms with E-state index in [1.807, 2.05) is 6.92 Å². The average molecular weight is 450 g/mol. The molecule has 3 fully saturated rings. The Kier molecular flexibility index (Phi) is 4.90. The van der Waals surface area contributed by atoms with Gasteiger partial charge in [0.05, 0.1) is 58.4 Å². The molecule has 2 bridgehead atoms. The number of carbonyl (C=O) groups excluding carboxylic acids is 3. The van der Waals surface area contributed by atoms with Crippen molar-refractivity contribution in [2.75, 3.05) is 11.5 Å². The van der Waals surface area contributed by atoms with Crippen molar-refractivity contribution < 1.29 is 37.0 Å². The summed E-state index contributed by atoms with van der Waals surface area (Å²) in [6, 6.07) is 4.19. The van der Waals surface area contributed by atoms with Crippen LogP contribution in [-0.4, -0.2) is 35.6 Å². The molecule has 3 aliphatic heterocycles. The normalized spacial score (nSPS) is 33.4. The number of esters is 1. The summed E-state index contributed by atoms with van der Waals surface area (Å²) in [5.74, 6) is -4.66. The highest BCUT2D eigenvalue weighted by atomic mass is 19.4. The molecular formula is C22H21F3N2O5. The Morgan fingerprint density at radius 1 is 1.28 bits per heavy atom. The largest absolute Gasteiger partial charge is 0.465 e. The van der Waals surface area contributed by atoms with Crippen LogP contribution in [0.2, 0.25) is 0 Å². The molecule has 0 saturated carbocycles. The number of nitriles is 1. The number of halogens is 3. The van der Waals surface area contributed by atoms with Gasteiger partial charge in [-0.2, -0.15) is 18.4 Å². The molecule has 2 amide bonds. The molecule has 7 nitrogen and oxygen atoms in total. The maximum atomic E-state index is 13.4. The van der Waals surface area contributed by atoms with E-state index in [9.17, 15) is 27.6 Å². The van der Waals surface area contributed by atoms with Gasteiger partial charge in [0.15, 0.2) is 0 Å². The predicted molar refractivity (Wildman–Crippen MR) is 103 cm³/mol. The Hall–Kier alpha value is -2.93. The van der Waals surface area contributed by atoms with Gasteiger partial charge in [-0.3, -0.25) is 14.4 Å². The molecule has 1 aromatic rings. The summed E-state index contributed by atoms with van der Waals surface area (Å²) >= 11 is 0. The lowest BCUT2D eigenvalue weighted by Gasteiger charge is -2.33. The average Bonchev–Trinajstić information content (AvgIpc) is 3.25. The van der Waals surface area contributed by atoms with Gasteiger partial charge in [-0.1, -0.05) is 6.92 Å². The van der Waals surface area contributed by atoms with Crippen LogP contribution in [0, 0.1) is 29.1 Å². The molecule has 10 heteroatoms. The van der Waals surface area contributed by atoms with Gasteiger partial charge in [0, 0.05) is 0 Å². The van der Waals surface area contributed by atoms with Gasteiger partial charge >= 0.3 is 12.1 Å². The Labute approximate surface area is 182 Å². The molecule has 3 saturated heterocycles. The first-order valence-electron chi connectivity index (χ1n) is 10.2. The molecule has 170 valence electrons. The van der Waals surface area contributed by atoms with Gasteiger partial charge in [0.1, 0.15) is 0 Å². The molecule has 0 radical (unpaired) electrons. The Bertz CT molecular complexity index is 1060. The minimum atomic E-state index is -4.84. The summed E-state index contributed by atoms with van der Waals surface area (Å²) in [7, 11) is 0. The van der Waals surface area contributed by atoms with Gasteiger partial charge < -0.3 is 9.47 Å². The number of nitrogens with zero attached hydrogens (tertiary/aromatic N) is 2. The number of fused-ring (bicyclic) bond motifs is 5. The lowest BCUT2D eigenvalue weighted by Crippen LogP contribution is -2.49. The fourth-order valence-corrected chi connectivity index (χ4v) is 5.43. The fraction of sp³-hybridized carbons (Fsp3) is 0.545. The molecule has 0 unspecified atom stereocenters. The molecular weight excluding hydrogens is 429 g/mol. The van der Waals surface area contributed by atoms with Crippen LogP contribution in [-0.2, 0) is 30.0 Å². The molecule has 5 atom stereocenters. The number of anilines is 1. The monoisotopic (exact) mass is 450 g/mol. The van der Waals surface area contributed by atoms with Crippen LogP contribution in [0.3, 0.4) is 0 Å². The molecule has 0 aliphatic carbocycles. The zero-order valence-electron chi connectivity index (χ0n) is 17.7. The van der Waals surface area contributed by atoms with E-state index in [-0.39, 0.29) is 18.7 Å². The summed E-state index contributed by atoms with van der Waals surface area (Å²) < 4.78 is 51.6. The molecule has 3 heterocycles. The van der Waals surface area contributed by atoms with Crippen molar-refractivity contribution in [1.29, 1.82) is 5.26 Å². The van der Waals surface area contributed by atoms with Crippen LogP contribution >= 0.6 is 0 Å². The van der Waals surface area contributed by atoms with E-state index in [0.29, 0.717) is 12.5 Å². The number of amides is 2. The lowest BCUT2D eigenvalue weighted by molar-refractivity contribution is -0.156.